The van der Waals surface area contributed by atoms with Gasteiger partial charge in [0.1, 0.15) is 0 Å². The predicted octanol–water partition coefficient (Wildman–Crippen LogP) is 3.77. The van der Waals surface area contributed by atoms with Crippen molar-refractivity contribution in [2.24, 2.45) is 0 Å². The lowest BCUT2D eigenvalue weighted by atomic mass is 10.1. The quantitative estimate of drug-likeness (QED) is 0.461. The Kier molecular flexibility index (Phi) is 5.26. The molecule has 1 aromatic carbocycles. The number of halogens is 1. The zero-order valence-electron chi connectivity index (χ0n) is 8.13. The second-order valence-electron chi connectivity index (χ2n) is 2.94. The summed E-state index contributed by atoms with van der Waals surface area (Å²) in [6, 6.07) is 7.79. The Morgan fingerprint density at radius 2 is 2.00 bits per heavy atom. The molecule has 14 heavy (non-hydrogen) atoms. The minimum atomic E-state index is 0.233. The minimum absolute atomic E-state index is 0.233. The minimum Gasteiger partial charge on any atom is -0.294 e. The van der Waals surface area contributed by atoms with Crippen LogP contribution in [-0.2, 0) is 0 Å². The van der Waals surface area contributed by atoms with Gasteiger partial charge in [-0.25, -0.2) is 0 Å². The van der Waals surface area contributed by atoms with Crippen molar-refractivity contribution >= 4 is 33.5 Å². The lowest BCUT2D eigenvalue weighted by Crippen LogP contribution is -1.98. The molecule has 0 saturated heterocycles. The Hall–Kier alpha value is -0.280. The van der Waals surface area contributed by atoms with Gasteiger partial charge in [-0.3, -0.25) is 4.79 Å². The smallest absolute Gasteiger partial charge is 0.162 e. The van der Waals surface area contributed by atoms with Crippen LogP contribution in [0, 0.1) is 0 Å². The fourth-order valence-electron chi connectivity index (χ4n) is 1.15. The van der Waals surface area contributed by atoms with E-state index in [0.717, 1.165) is 17.3 Å². The molecule has 0 spiro atoms. The van der Waals surface area contributed by atoms with Crippen molar-refractivity contribution in [1.82, 2.24) is 0 Å². The van der Waals surface area contributed by atoms with E-state index in [9.17, 15) is 4.79 Å². The Balaban J connectivity index is 2.62. The molecule has 0 aromatic heterocycles. The average molecular weight is 273 g/mol. The summed E-state index contributed by atoms with van der Waals surface area (Å²) in [7, 11) is 0. The third-order valence-corrected chi connectivity index (χ3v) is 3.25. The van der Waals surface area contributed by atoms with Crippen LogP contribution in [0.4, 0.5) is 0 Å². The summed E-state index contributed by atoms with van der Waals surface area (Å²) in [5.74, 6) is 0.233. The monoisotopic (exact) mass is 272 g/mol. The number of Topliss-reactive ketones (excluding diaryl/α,β-unsaturated/α-hetero) is 1. The first-order valence-electron chi connectivity index (χ1n) is 4.51. The van der Waals surface area contributed by atoms with E-state index in [-0.39, 0.29) is 5.78 Å². The summed E-state index contributed by atoms with van der Waals surface area (Å²) < 4.78 is 0. The van der Waals surface area contributed by atoms with Gasteiger partial charge in [-0.15, -0.1) is 11.8 Å². The molecule has 0 heterocycles. The van der Waals surface area contributed by atoms with E-state index in [1.165, 1.54) is 4.90 Å². The van der Waals surface area contributed by atoms with Gasteiger partial charge in [0.25, 0.3) is 0 Å². The van der Waals surface area contributed by atoms with Gasteiger partial charge >= 0.3 is 0 Å². The average Bonchev–Trinajstić information content (AvgIpc) is 2.26. The number of carbonyl (C=O) groups excluding carboxylic acids is 1. The van der Waals surface area contributed by atoms with Crippen molar-refractivity contribution in [1.29, 1.82) is 0 Å². The lowest BCUT2D eigenvalue weighted by molar-refractivity contribution is 0.0982. The van der Waals surface area contributed by atoms with Crippen molar-refractivity contribution < 1.29 is 4.79 Å². The first-order chi connectivity index (χ1) is 6.77. The van der Waals surface area contributed by atoms with Crippen molar-refractivity contribution in [3.8, 4) is 0 Å². The highest BCUT2D eigenvalue weighted by Gasteiger charge is 2.04. The molecule has 0 saturated carbocycles. The highest BCUT2D eigenvalue weighted by atomic mass is 79.9. The molecular formula is C11H13BrOS. The number of hydrogen-bond acceptors (Lipinski definition) is 2. The first-order valence-corrected chi connectivity index (χ1v) is 6.85. The van der Waals surface area contributed by atoms with Crippen molar-refractivity contribution in [2.45, 2.75) is 17.7 Å². The zero-order valence-corrected chi connectivity index (χ0v) is 10.5. The van der Waals surface area contributed by atoms with Crippen LogP contribution in [-0.4, -0.2) is 17.4 Å². The molecule has 1 rings (SSSR count). The Labute approximate surface area is 97.4 Å². The van der Waals surface area contributed by atoms with Crippen LogP contribution in [0.1, 0.15) is 23.2 Å². The number of thioether (sulfide) groups is 1. The number of carbonyl (C=O) groups is 1. The molecular weight excluding hydrogens is 260 g/mol. The topological polar surface area (TPSA) is 17.1 Å². The molecule has 0 atom stereocenters. The third-order valence-electron chi connectivity index (χ3n) is 1.95. The fourth-order valence-corrected chi connectivity index (χ4v) is 1.84. The van der Waals surface area contributed by atoms with Gasteiger partial charge in [0.15, 0.2) is 5.78 Å². The van der Waals surface area contributed by atoms with E-state index in [4.69, 9.17) is 0 Å². The number of ketones is 1. The van der Waals surface area contributed by atoms with E-state index < -0.39 is 0 Å². The summed E-state index contributed by atoms with van der Waals surface area (Å²) in [6.07, 6.45) is 3.56. The molecule has 1 nitrogen and oxygen atoms in total. The van der Waals surface area contributed by atoms with E-state index in [1.54, 1.807) is 11.8 Å². The van der Waals surface area contributed by atoms with Crippen LogP contribution in [0.25, 0.3) is 0 Å². The van der Waals surface area contributed by atoms with Crippen molar-refractivity contribution in [3.63, 3.8) is 0 Å². The summed E-state index contributed by atoms with van der Waals surface area (Å²) in [5, 5.41) is 0.891. The molecule has 0 amide bonds. The maximum atomic E-state index is 11.6. The molecule has 0 aliphatic heterocycles. The second-order valence-corrected chi connectivity index (χ2v) is 4.62. The number of alkyl halides is 1. The van der Waals surface area contributed by atoms with Crippen molar-refractivity contribution in [2.75, 3.05) is 11.6 Å². The lowest BCUT2D eigenvalue weighted by Gasteiger charge is -2.00. The molecule has 0 aliphatic rings. The Morgan fingerprint density at radius 3 is 2.50 bits per heavy atom. The van der Waals surface area contributed by atoms with Crippen molar-refractivity contribution in [3.05, 3.63) is 29.8 Å². The van der Waals surface area contributed by atoms with Gasteiger partial charge in [-0.05, 0) is 24.8 Å². The third kappa shape index (κ3) is 3.46. The van der Waals surface area contributed by atoms with Crippen LogP contribution < -0.4 is 0 Å². The van der Waals surface area contributed by atoms with Gasteiger partial charge in [0, 0.05) is 22.2 Å². The fraction of sp³-hybridized carbons (Fsp3) is 0.364. The zero-order chi connectivity index (χ0) is 10.4. The van der Waals surface area contributed by atoms with Crippen LogP contribution in [0.3, 0.4) is 0 Å². The van der Waals surface area contributed by atoms with Crippen LogP contribution in [0.2, 0.25) is 0 Å². The number of rotatable bonds is 5. The Bertz CT molecular complexity index is 295. The molecule has 0 aliphatic carbocycles. The molecule has 0 bridgehead atoms. The van der Waals surface area contributed by atoms with Gasteiger partial charge in [0.05, 0.1) is 0 Å². The van der Waals surface area contributed by atoms with Crippen LogP contribution in [0.15, 0.2) is 29.2 Å². The summed E-state index contributed by atoms with van der Waals surface area (Å²) in [6.45, 7) is 0. The molecule has 0 N–H and O–H groups in total. The number of benzene rings is 1. The molecule has 1 aromatic rings. The molecule has 0 unspecified atom stereocenters. The van der Waals surface area contributed by atoms with Crippen LogP contribution >= 0.6 is 27.7 Å². The largest absolute Gasteiger partial charge is 0.294 e. The summed E-state index contributed by atoms with van der Waals surface area (Å²) in [5.41, 5.74) is 0.823. The van der Waals surface area contributed by atoms with Gasteiger partial charge < -0.3 is 0 Å². The van der Waals surface area contributed by atoms with E-state index >= 15 is 0 Å². The Morgan fingerprint density at radius 1 is 1.36 bits per heavy atom. The van der Waals surface area contributed by atoms with Gasteiger partial charge in [-0.2, -0.15) is 0 Å². The number of hydrogen-bond donors (Lipinski definition) is 0. The standard InChI is InChI=1S/C11H13BrOS/c1-14-10-6-4-9(5-7-10)11(13)3-2-8-12/h4-7H,2-3,8H2,1H3. The first kappa shape index (κ1) is 11.8. The second kappa shape index (κ2) is 6.25. The van der Waals surface area contributed by atoms with E-state index in [0.29, 0.717) is 6.42 Å². The normalized spacial score (nSPS) is 10.1. The highest BCUT2D eigenvalue weighted by molar-refractivity contribution is 9.09. The van der Waals surface area contributed by atoms with E-state index in [2.05, 4.69) is 15.9 Å². The molecule has 3 heteroatoms. The summed E-state index contributed by atoms with van der Waals surface area (Å²) >= 11 is 5.01. The predicted molar refractivity (Wildman–Crippen MR) is 65.6 cm³/mol. The van der Waals surface area contributed by atoms with Gasteiger partial charge in [-0.1, -0.05) is 28.1 Å². The highest BCUT2D eigenvalue weighted by Crippen LogP contribution is 2.16. The molecule has 0 radical (unpaired) electrons. The molecule has 0 fully saturated rings. The van der Waals surface area contributed by atoms with E-state index in [1.807, 2.05) is 30.5 Å². The maximum Gasteiger partial charge on any atom is 0.162 e. The van der Waals surface area contributed by atoms with Crippen LogP contribution in [0.5, 0.6) is 0 Å². The molecule has 76 valence electrons. The maximum absolute atomic E-state index is 11.6. The SMILES string of the molecule is CSc1ccc(C(=O)CCCBr)cc1. The van der Waals surface area contributed by atoms with Gasteiger partial charge in [0.2, 0.25) is 0 Å². The summed E-state index contributed by atoms with van der Waals surface area (Å²) in [4.78, 5) is 12.8.